The highest BCUT2D eigenvalue weighted by atomic mass is 16.1. The first-order valence-electron chi connectivity index (χ1n) is 7.26. The van der Waals surface area contributed by atoms with E-state index in [-0.39, 0.29) is 7.33 Å². The Morgan fingerprint density at radius 1 is 1.17 bits per heavy atom. The molecule has 2 aliphatic rings. The van der Waals surface area contributed by atoms with Crippen molar-refractivity contribution in [1.82, 2.24) is 5.32 Å². The first-order chi connectivity index (χ1) is 8.66. The summed E-state index contributed by atoms with van der Waals surface area (Å²) in [5.74, 6) is 1.43. The highest BCUT2D eigenvalue weighted by Crippen LogP contribution is 2.26. The fourth-order valence-corrected chi connectivity index (χ4v) is 1.96. The van der Waals surface area contributed by atoms with Gasteiger partial charge in [-0.1, -0.05) is 41.5 Å². The molecule has 0 radical (unpaired) electrons. The van der Waals surface area contributed by atoms with E-state index in [1.807, 2.05) is 27.7 Å². The van der Waals surface area contributed by atoms with Gasteiger partial charge in [0.05, 0.1) is 6.42 Å². The van der Waals surface area contributed by atoms with E-state index in [9.17, 15) is 4.79 Å². The van der Waals surface area contributed by atoms with E-state index in [4.69, 9.17) is 0 Å². The third kappa shape index (κ3) is 4.63. The lowest BCUT2D eigenvalue weighted by atomic mass is 10.0. The minimum atomic E-state index is 0. The van der Waals surface area contributed by atoms with Crippen molar-refractivity contribution in [3.05, 3.63) is 11.4 Å². The second kappa shape index (κ2) is 8.90. The van der Waals surface area contributed by atoms with Crippen LogP contribution in [-0.2, 0) is 4.79 Å². The smallest absolute Gasteiger partial charge is 0.229 e. The molecule has 2 aliphatic heterocycles. The third-order valence-corrected chi connectivity index (χ3v) is 2.80. The monoisotopic (exact) mass is 254 g/mol. The van der Waals surface area contributed by atoms with E-state index in [2.05, 4.69) is 24.2 Å². The van der Waals surface area contributed by atoms with Gasteiger partial charge in [0.15, 0.2) is 0 Å². The molecular weight excluding hydrogens is 224 g/mol. The normalized spacial score (nSPS) is 17.7. The van der Waals surface area contributed by atoms with E-state index in [1.54, 1.807) is 0 Å². The third-order valence-electron chi connectivity index (χ3n) is 2.80. The largest absolute Gasteiger partial charge is 0.310 e. The van der Waals surface area contributed by atoms with Gasteiger partial charge in [0, 0.05) is 7.14 Å². The van der Waals surface area contributed by atoms with Crippen molar-refractivity contribution < 1.29 is 6.22 Å². The maximum atomic E-state index is 11.2. The molecule has 2 heterocycles. The van der Waals surface area contributed by atoms with Crippen LogP contribution in [0.1, 0.15) is 68.7 Å². The molecule has 0 saturated heterocycles. The molecule has 0 aliphatic carbocycles. The number of hydrogen-bond donors (Lipinski definition) is 1. The summed E-state index contributed by atoms with van der Waals surface area (Å²) in [7, 11) is 0. The zero-order chi connectivity index (χ0) is 14.1. The van der Waals surface area contributed by atoms with Crippen LogP contribution in [0.4, 0.5) is 0 Å². The SMILES string of the molecule is CC.CC.CC(C)C1=NC2=C(CCC1)CC(=O)N2.[HH]. The molecule has 3 nitrogen and oxygen atoms in total. The summed E-state index contributed by atoms with van der Waals surface area (Å²) >= 11 is 0. The predicted octanol–water partition coefficient (Wildman–Crippen LogP) is 4.30. The van der Waals surface area contributed by atoms with Crippen LogP contribution in [0.5, 0.6) is 0 Å². The highest BCUT2D eigenvalue weighted by Gasteiger charge is 2.23. The van der Waals surface area contributed by atoms with Crippen LogP contribution >= 0.6 is 0 Å². The zero-order valence-electron chi connectivity index (χ0n) is 12.8. The van der Waals surface area contributed by atoms with Gasteiger partial charge in [0.1, 0.15) is 5.82 Å². The maximum absolute atomic E-state index is 11.2. The second-order valence-corrected chi connectivity index (χ2v) is 4.29. The van der Waals surface area contributed by atoms with Gasteiger partial charge in [-0.2, -0.15) is 0 Å². The van der Waals surface area contributed by atoms with Gasteiger partial charge in [-0.25, -0.2) is 4.99 Å². The Labute approximate surface area is 113 Å². The summed E-state index contributed by atoms with van der Waals surface area (Å²) < 4.78 is 0. The number of rotatable bonds is 1. The molecule has 1 N–H and O–H groups in total. The molecule has 0 saturated carbocycles. The number of aliphatic imine (C=N–C) groups is 1. The average molecular weight is 254 g/mol. The van der Waals surface area contributed by atoms with E-state index >= 15 is 0 Å². The van der Waals surface area contributed by atoms with Crippen LogP contribution in [0, 0.1) is 5.92 Å². The molecule has 0 fully saturated rings. The maximum Gasteiger partial charge on any atom is 0.229 e. The lowest BCUT2D eigenvalue weighted by molar-refractivity contribution is -0.118. The fourth-order valence-electron chi connectivity index (χ4n) is 1.96. The quantitative estimate of drug-likeness (QED) is 0.745. The van der Waals surface area contributed by atoms with Gasteiger partial charge in [0.25, 0.3) is 0 Å². The summed E-state index contributed by atoms with van der Waals surface area (Å²) in [5.41, 5.74) is 2.42. The molecule has 0 bridgehead atoms. The zero-order valence-corrected chi connectivity index (χ0v) is 12.8. The minimum absolute atomic E-state index is 0. The topological polar surface area (TPSA) is 41.5 Å². The predicted molar refractivity (Wildman–Crippen MR) is 80.7 cm³/mol. The molecular formula is C15H30N2O. The van der Waals surface area contributed by atoms with E-state index in [0.29, 0.717) is 12.3 Å². The summed E-state index contributed by atoms with van der Waals surface area (Å²) in [5, 5.41) is 2.83. The number of nitrogens with zero attached hydrogens (tertiary/aromatic N) is 1. The first-order valence-corrected chi connectivity index (χ1v) is 7.26. The first kappa shape index (κ1) is 16.9. The van der Waals surface area contributed by atoms with Crippen molar-refractivity contribution in [2.75, 3.05) is 0 Å². The minimum Gasteiger partial charge on any atom is -0.310 e. The molecule has 0 atom stereocenters. The number of carbonyl (C=O) groups excluding carboxylic acids is 1. The average Bonchev–Trinajstić information content (AvgIpc) is 2.61. The van der Waals surface area contributed by atoms with Crippen molar-refractivity contribution in [3.8, 4) is 0 Å². The Morgan fingerprint density at radius 2 is 1.78 bits per heavy atom. The summed E-state index contributed by atoms with van der Waals surface area (Å²) in [6.07, 6.45) is 3.78. The summed E-state index contributed by atoms with van der Waals surface area (Å²) in [4.78, 5) is 15.7. The van der Waals surface area contributed by atoms with Gasteiger partial charge >= 0.3 is 0 Å². The van der Waals surface area contributed by atoms with Crippen molar-refractivity contribution in [3.63, 3.8) is 0 Å². The van der Waals surface area contributed by atoms with E-state index < -0.39 is 0 Å². The summed E-state index contributed by atoms with van der Waals surface area (Å²) in [6.45, 7) is 12.3. The number of hydrogen-bond acceptors (Lipinski definition) is 2. The summed E-state index contributed by atoms with van der Waals surface area (Å²) in [6, 6.07) is 0. The van der Waals surface area contributed by atoms with Crippen LogP contribution < -0.4 is 5.32 Å². The molecule has 1 amide bonds. The molecule has 2 rings (SSSR count). The Morgan fingerprint density at radius 3 is 2.33 bits per heavy atom. The second-order valence-electron chi connectivity index (χ2n) is 4.29. The van der Waals surface area contributed by atoms with Crippen LogP contribution in [-0.4, -0.2) is 11.6 Å². The number of amides is 1. The highest BCUT2D eigenvalue weighted by molar-refractivity contribution is 5.90. The molecule has 0 aromatic heterocycles. The molecule has 18 heavy (non-hydrogen) atoms. The molecule has 0 aromatic rings. The Kier molecular flexibility index (Phi) is 8.34. The molecule has 0 aromatic carbocycles. The lowest BCUT2D eigenvalue weighted by Gasteiger charge is -2.08. The molecule has 3 heteroatoms. The fraction of sp³-hybridized carbons (Fsp3) is 0.733. The number of nitrogens with one attached hydrogen (secondary N) is 1. The van der Waals surface area contributed by atoms with Crippen LogP contribution in [0.3, 0.4) is 0 Å². The van der Waals surface area contributed by atoms with E-state index in [0.717, 1.165) is 25.1 Å². The molecule has 0 unspecified atom stereocenters. The van der Waals surface area contributed by atoms with E-state index in [1.165, 1.54) is 11.3 Å². The molecule has 106 valence electrons. The van der Waals surface area contributed by atoms with Crippen molar-refractivity contribution >= 4 is 11.6 Å². The lowest BCUT2D eigenvalue weighted by Crippen LogP contribution is -2.16. The Balaban J connectivity index is 0. The van der Waals surface area contributed by atoms with Gasteiger partial charge in [0.2, 0.25) is 5.91 Å². The van der Waals surface area contributed by atoms with Gasteiger partial charge in [-0.05, 0) is 30.8 Å². The van der Waals surface area contributed by atoms with Gasteiger partial charge in [-0.15, -0.1) is 0 Å². The van der Waals surface area contributed by atoms with Crippen molar-refractivity contribution in [2.45, 2.75) is 67.2 Å². The Bertz CT molecular complexity index is 333. The standard InChI is InChI=1S/C11H16N2O.2C2H6.H2/c1-7(2)9-5-3-4-8-6-10(14)13-11(8)12-9;2*1-2;/h7H,3-6H2,1-2H3,(H,13,14);2*1-2H3;1H. The van der Waals surface area contributed by atoms with Gasteiger partial charge < -0.3 is 5.32 Å². The van der Waals surface area contributed by atoms with Gasteiger partial charge in [-0.3, -0.25) is 4.79 Å². The molecule has 0 spiro atoms. The van der Waals surface area contributed by atoms with Crippen molar-refractivity contribution in [2.24, 2.45) is 10.9 Å². The van der Waals surface area contributed by atoms with Crippen molar-refractivity contribution in [1.29, 1.82) is 0 Å². The van der Waals surface area contributed by atoms with Crippen LogP contribution in [0.15, 0.2) is 16.4 Å². The van der Waals surface area contributed by atoms with Crippen LogP contribution in [0.25, 0.3) is 0 Å². The van der Waals surface area contributed by atoms with Crippen LogP contribution in [0.2, 0.25) is 0 Å². The number of carbonyl (C=O) groups is 1. The Hall–Kier alpha value is -1.12.